The van der Waals surface area contributed by atoms with Crippen LogP contribution in [0.2, 0.25) is 0 Å². The highest BCUT2D eigenvalue weighted by atomic mass is 32.2. The van der Waals surface area contributed by atoms with E-state index in [1.807, 2.05) is 4.90 Å². The van der Waals surface area contributed by atoms with Crippen LogP contribution in [0.25, 0.3) is 0 Å². The molecule has 104 valence electrons. The van der Waals surface area contributed by atoms with Crippen molar-refractivity contribution in [2.75, 3.05) is 24.6 Å². The lowest BCUT2D eigenvalue weighted by Gasteiger charge is -2.27. The van der Waals surface area contributed by atoms with E-state index in [0.717, 1.165) is 25.8 Å². The smallest absolute Gasteiger partial charge is 0.224 e. The predicted octanol–water partition coefficient (Wildman–Crippen LogP) is 0.164. The maximum absolute atomic E-state index is 12.2. The maximum Gasteiger partial charge on any atom is 0.224 e. The third kappa shape index (κ3) is 3.68. The first-order valence-electron chi connectivity index (χ1n) is 6.75. The van der Waals surface area contributed by atoms with Crippen LogP contribution in [0.5, 0.6) is 0 Å². The van der Waals surface area contributed by atoms with Gasteiger partial charge in [-0.05, 0) is 19.3 Å². The minimum absolute atomic E-state index is 0.101. The summed E-state index contributed by atoms with van der Waals surface area (Å²) in [6, 6.07) is 0.215. The van der Waals surface area contributed by atoms with Crippen LogP contribution in [-0.4, -0.2) is 55.9 Å². The fourth-order valence-corrected chi connectivity index (χ4v) is 3.91. The second-order valence-corrected chi connectivity index (χ2v) is 7.52. The molecule has 6 heteroatoms. The van der Waals surface area contributed by atoms with Crippen LogP contribution < -0.4 is 5.32 Å². The van der Waals surface area contributed by atoms with E-state index in [1.165, 1.54) is 0 Å². The van der Waals surface area contributed by atoms with Crippen molar-refractivity contribution >= 4 is 15.7 Å². The Morgan fingerprint density at radius 1 is 1.39 bits per heavy atom. The first-order chi connectivity index (χ1) is 8.52. The zero-order chi connectivity index (χ0) is 13.2. The molecule has 1 saturated heterocycles. The second kappa shape index (κ2) is 5.57. The molecule has 2 fully saturated rings. The summed E-state index contributed by atoms with van der Waals surface area (Å²) in [5.74, 6) is 0.400. The molecular weight excluding hydrogens is 252 g/mol. The van der Waals surface area contributed by atoms with E-state index in [0.29, 0.717) is 19.0 Å². The third-order valence-corrected chi connectivity index (χ3v) is 5.23. The third-order valence-electron chi connectivity index (χ3n) is 3.49. The fraction of sp³-hybridized carbons (Fsp3) is 0.917. The summed E-state index contributed by atoms with van der Waals surface area (Å²) in [7, 11) is -2.95. The second-order valence-electron chi connectivity index (χ2n) is 5.29. The molecule has 1 N–H and O–H groups in total. The average Bonchev–Trinajstić information content (AvgIpc) is 3.08. The minimum atomic E-state index is -2.95. The summed E-state index contributed by atoms with van der Waals surface area (Å²) in [6.45, 7) is 3.33. The zero-order valence-electron chi connectivity index (χ0n) is 10.9. The standard InChI is InChI=1S/C12H22N2O3S/c1-2-6-14(11-3-4-11)12(15)8-10-9-18(16,17)7-5-13-10/h10-11,13H,2-9H2,1H3. The predicted molar refractivity (Wildman–Crippen MR) is 70.1 cm³/mol. The maximum atomic E-state index is 12.2. The van der Waals surface area contributed by atoms with Gasteiger partial charge in [0.05, 0.1) is 11.5 Å². The summed E-state index contributed by atoms with van der Waals surface area (Å²) in [4.78, 5) is 14.1. The van der Waals surface area contributed by atoms with Gasteiger partial charge in [-0.3, -0.25) is 4.79 Å². The van der Waals surface area contributed by atoms with E-state index in [4.69, 9.17) is 0 Å². The molecular formula is C12H22N2O3S. The lowest BCUT2D eigenvalue weighted by molar-refractivity contribution is -0.132. The van der Waals surface area contributed by atoms with Crippen molar-refractivity contribution in [3.05, 3.63) is 0 Å². The molecule has 0 spiro atoms. The molecule has 0 aromatic heterocycles. The van der Waals surface area contributed by atoms with Gasteiger partial charge in [0.25, 0.3) is 0 Å². The van der Waals surface area contributed by atoms with Crippen molar-refractivity contribution in [1.29, 1.82) is 0 Å². The zero-order valence-corrected chi connectivity index (χ0v) is 11.7. The van der Waals surface area contributed by atoms with Crippen molar-refractivity contribution in [3.8, 4) is 0 Å². The number of hydrogen-bond acceptors (Lipinski definition) is 4. The molecule has 1 atom stereocenters. The minimum Gasteiger partial charge on any atom is -0.340 e. The Labute approximate surface area is 109 Å². The topological polar surface area (TPSA) is 66.5 Å². The van der Waals surface area contributed by atoms with Crippen LogP contribution in [0.15, 0.2) is 0 Å². The number of carbonyl (C=O) groups excluding carboxylic acids is 1. The van der Waals surface area contributed by atoms with Gasteiger partial charge in [0, 0.05) is 31.6 Å². The van der Waals surface area contributed by atoms with E-state index >= 15 is 0 Å². The number of nitrogens with zero attached hydrogens (tertiary/aromatic N) is 1. The lowest BCUT2D eigenvalue weighted by atomic mass is 10.2. The molecule has 2 rings (SSSR count). The molecule has 1 heterocycles. The van der Waals surface area contributed by atoms with Gasteiger partial charge in [-0.2, -0.15) is 0 Å². The van der Waals surface area contributed by atoms with Crippen molar-refractivity contribution < 1.29 is 13.2 Å². The molecule has 1 aliphatic carbocycles. The molecule has 1 aliphatic heterocycles. The van der Waals surface area contributed by atoms with Crippen molar-refractivity contribution in [2.24, 2.45) is 0 Å². The van der Waals surface area contributed by atoms with Gasteiger partial charge in [0.15, 0.2) is 9.84 Å². The van der Waals surface area contributed by atoms with Crippen molar-refractivity contribution in [2.45, 2.75) is 44.7 Å². The first kappa shape index (κ1) is 13.8. The molecule has 18 heavy (non-hydrogen) atoms. The van der Waals surface area contributed by atoms with Gasteiger partial charge in [-0.1, -0.05) is 6.92 Å². The molecule has 1 amide bonds. The molecule has 0 aromatic rings. The molecule has 5 nitrogen and oxygen atoms in total. The van der Waals surface area contributed by atoms with Gasteiger partial charge in [0.1, 0.15) is 0 Å². The van der Waals surface area contributed by atoms with E-state index in [1.54, 1.807) is 0 Å². The first-order valence-corrected chi connectivity index (χ1v) is 8.57. The van der Waals surface area contributed by atoms with Gasteiger partial charge < -0.3 is 10.2 Å². The number of carbonyl (C=O) groups is 1. The summed E-state index contributed by atoms with van der Waals surface area (Å²) >= 11 is 0. The average molecular weight is 274 g/mol. The van der Waals surface area contributed by atoms with Crippen LogP contribution in [0, 0.1) is 0 Å². The Kier molecular flexibility index (Phi) is 4.27. The van der Waals surface area contributed by atoms with E-state index in [9.17, 15) is 13.2 Å². The summed E-state index contributed by atoms with van der Waals surface area (Å²) in [5, 5.41) is 3.14. The molecule has 1 unspecified atom stereocenters. The number of nitrogens with one attached hydrogen (secondary N) is 1. The normalized spacial score (nSPS) is 26.8. The van der Waals surface area contributed by atoms with Crippen LogP contribution >= 0.6 is 0 Å². The lowest BCUT2D eigenvalue weighted by Crippen LogP contribution is -2.48. The number of hydrogen-bond donors (Lipinski definition) is 1. The van der Waals surface area contributed by atoms with E-state index < -0.39 is 9.84 Å². The highest BCUT2D eigenvalue weighted by Crippen LogP contribution is 2.27. The van der Waals surface area contributed by atoms with Gasteiger partial charge in [0.2, 0.25) is 5.91 Å². The van der Waals surface area contributed by atoms with Crippen LogP contribution in [0.4, 0.5) is 0 Å². The summed E-state index contributed by atoms with van der Waals surface area (Å²) < 4.78 is 23.0. The highest BCUT2D eigenvalue weighted by molar-refractivity contribution is 7.91. The van der Waals surface area contributed by atoms with Crippen LogP contribution in [-0.2, 0) is 14.6 Å². The fourth-order valence-electron chi connectivity index (χ4n) is 2.46. The molecule has 0 aromatic carbocycles. The monoisotopic (exact) mass is 274 g/mol. The number of sulfone groups is 1. The summed E-state index contributed by atoms with van der Waals surface area (Å²) in [6.07, 6.45) is 3.47. The molecule has 0 radical (unpaired) electrons. The van der Waals surface area contributed by atoms with Crippen LogP contribution in [0.3, 0.4) is 0 Å². The molecule has 1 saturated carbocycles. The van der Waals surface area contributed by atoms with Crippen molar-refractivity contribution in [3.63, 3.8) is 0 Å². The Bertz CT molecular complexity index is 404. The van der Waals surface area contributed by atoms with E-state index in [2.05, 4.69) is 12.2 Å². The Balaban J connectivity index is 1.89. The molecule has 2 aliphatic rings. The van der Waals surface area contributed by atoms with E-state index in [-0.39, 0.29) is 23.5 Å². The van der Waals surface area contributed by atoms with Gasteiger partial charge in [-0.25, -0.2) is 8.42 Å². The Hall–Kier alpha value is -0.620. The largest absolute Gasteiger partial charge is 0.340 e. The number of amides is 1. The van der Waals surface area contributed by atoms with Crippen molar-refractivity contribution in [1.82, 2.24) is 10.2 Å². The van der Waals surface area contributed by atoms with Gasteiger partial charge in [-0.15, -0.1) is 0 Å². The SMILES string of the molecule is CCCN(C(=O)CC1CS(=O)(=O)CCN1)C1CC1. The molecule has 0 bridgehead atoms. The summed E-state index contributed by atoms with van der Waals surface area (Å²) in [5.41, 5.74) is 0. The quantitative estimate of drug-likeness (QED) is 0.776. The van der Waals surface area contributed by atoms with Crippen LogP contribution in [0.1, 0.15) is 32.6 Å². The highest BCUT2D eigenvalue weighted by Gasteiger charge is 2.34. The number of rotatable bonds is 5. The Morgan fingerprint density at radius 3 is 2.67 bits per heavy atom. The van der Waals surface area contributed by atoms with Gasteiger partial charge >= 0.3 is 0 Å². The Morgan fingerprint density at radius 2 is 2.11 bits per heavy atom.